The van der Waals surface area contributed by atoms with Gasteiger partial charge < -0.3 is 4.74 Å². The van der Waals surface area contributed by atoms with E-state index in [4.69, 9.17) is 4.74 Å². The lowest BCUT2D eigenvalue weighted by molar-refractivity contribution is 0.425. The molecule has 0 aliphatic carbocycles. The summed E-state index contributed by atoms with van der Waals surface area (Å²) in [6.45, 7) is 8.00. The van der Waals surface area contributed by atoms with E-state index in [1.807, 2.05) is 0 Å². The van der Waals surface area contributed by atoms with Crippen LogP contribution < -0.4 is 0 Å². The van der Waals surface area contributed by atoms with Gasteiger partial charge in [0.1, 0.15) is 0 Å². The Hall–Kier alpha value is 0.310. The highest BCUT2D eigenvalue weighted by atomic mass is 32.2. The van der Waals surface area contributed by atoms with Crippen LogP contribution in [0.15, 0.2) is 0 Å². The minimum atomic E-state index is 0.458. The van der Waals surface area contributed by atoms with Gasteiger partial charge in [-0.05, 0) is 6.42 Å². The summed E-state index contributed by atoms with van der Waals surface area (Å²) < 4.78 is 5.68. The van der Waals surface area contributed by atoms with E-state index in [9.17, 15) is 0 Å². The number of ether oxygens (including phenoxy) is 1. The summed E-state index contributed by atoms with van der Waals surface area (Å²) in [7, 11) is 0. The molecule has 0 spiro atoms. The predicted octanol–water partition coefficient (Wildman–Crippen LogP) is 3.87. The van der Waals surface area contributed by atoms with Crippen molar-refractivity contribution in [2.45, 2.75) is 63.7 Å². The molecule has 14 heavy (non-hydrogen) atoms. The summed E-state index contributed by atoms with van der Waals surface area (Å²) in [5.41, 5.74) is 0. The SMILES string of the molecule is CCCCCCC(C)(C)SCC1CO1. The monoisotopic (exact) mass is 216 g/mol. The van der Waals surface area contributed by atoms with Crippen LogP contribution in [-0.2, 0) is 4.74 Å². The number of rotatable bonds is 8. The molecule has 1 unspecified atom stereocenters. The first-order valence-electron chi connectivity index (χ1n) is 5.89. The largest absolute Gasteiger partial charge is 0.372 e. The Kier molecular flexibility index (Phi) is 5.32. The molecule has 0 amide bonds. The van der Waals surface area contributed by atoms with E-state index in [1.165, 1.54) is 37.9 Å². The van der Waals surface area contributed by atoms with Crippen LogP contribution in [0.4, 0.5) is 0 Å². The zero-order valence-corrected chi connectivity index (χ0v) is 10.7. The maximum Gasteiger partial charge on any atom is 0.0900 e. The van der Waals surface area contributed by atoms with Crippen molar-refractivity contribution in [2.24, 2.45) is 0 Å². The van der Waals surface area contributed by atoms with Crippen LogP contribution in [0.5, 0.6) is 0 Å². The lowest BCUT2D eigenvalue weighted by atomic mass is 10.0. The molecule has 1 atom stereocenters. The summed E-state index contributed by atoms with van der Waals surface area (Å²) >= 11 is 2.08. The second-order valence-electron chi connectivity index (χ2n) is 4.84. The zero-order valence-electron chi connectivity index (χ0n) is 9.84. The summed E-state index contributed by atoms with van der Waals surface area (Å²) in [5.74, 6) is 1.20. The molecule has 0 aromatic rings. The van der Waals surface area contributed by atoms with Gasteiger partial charge in [-0.25, -0.2) is 0 Å². The lowest BCUT2D eigenvalue weighted by Gasteiger charge is -2.23. The van der Waals surface area contributed by atoms with Gasteiger partial charge in [-0.2, -0.15) is 11.8 Å². The molecule has 84 valence electrons. The van der Waals surface area contributed by atoms with Crippen molar-refractivity contribution >= 4 is 11.8 Å². The molecular weight excluding hydrogens is 192 g/mol. The standard InChI is InChI=1S/C12H24OS/c1-4-5-6-7-8-12(2,3)14-10-11-9-13-11/h11H,4-10H2,1-3H3. The smallest absolute Gasteiger partial charge is 0.0900 e. The zero-order chi connectivity index (χ0) is 10.4. The fraction of sp³-hybridized carbons (Fsp3) is 1.00. The average Bonchev–Trinajstić information content (AvgIpc) is 2.93. The molecule has 1 nitrogen and oxygen atoms in total. The molecule has 0 bridgehead atoms. The van der Waals surface area contributed by atoms with E-state index in [2.05, 4.69) is 32.5 Å². The molecule has 1 heterocycles. The van der Waals surface area contributed by atoms with Gasteiger partial charge in [0.05, 0.1) is 12.7 Å². The number of unbranched alkanes of at least 4 members (excludes halogenated alkanes) is 3. The highest BCUT2D eigenvalue weighted by molar-refractivity contribution is 8.00. The van der Waals surface area contributed by atoms with Crippen LogP contribution in [0.3, 0.4) is 0 Å². The van der Waals surface area contributed by atoms with Crippen molar-refractivity contribution in [3.05, 3.63) is 0 Å². The second-order valence-corrected chi connectivity index (χ2v) is 6.56. The number of hydrogen-bond acceptors (Lipinski definition) is 2. The Morgan fingerprint density at radius 1 is 1.29 bits per heavy atom. The van der Waals surface area contributed by atoms with Gasteiger partial charge >= 0.3 is 0 Å². The third-order valence-corrected chi connectivity index (χ3v) is 4.22. The number of epoxide rings is 1. The van der Waals surface area contributed by atoms with Crippen LogP contribution in [-0.4, -0.2) is 23.2 Å². The Morgan fingerprint density at radius 3 is 2.57 bits per heavy atom. The fourth-order valence-corrected chi connectivity index (χ4v) is 2.65. The molecule has 1 aliphatic heterocycles. The van der Waals surface area contributed by atoms with E-state index < -0.39 is 0 Å². The van der Waals surface area contributed by atoms with Crippen LogP contribution in [0.2, 0.25) is 0 Å². The molecule has 0 aromatic heterocycles. The van der Waals surface area contributed by atoms with Gasteiger partial charge in [0.25, 0.3) is 0 Å². The van der Waals surface area contributed by atoms with Gasteiger partial charge in [-0.3, -0.25) is 0 Å². The van der Waals surface area contributed by atoms with Crippen LogP contribution in [0, 0.1) is 0 Å². The topological polar surface area (TPSA) is 12.5 Å². The summed E-state index contributed by atoms with van der Waals surface area (Å²) in [6, 6.07) is 0. The van der Waals surface area contributed by atoms with Gasteiger partial charge in [-0.15, -0.1) is 0 Å². The molecule has 1 rings (SSSR count). The Bertz CT molecular complexity index is 152. The molecule has 0 N–H and O–H groups in total. The van der Waals surface area contributed by atoms with Crippen molar-refractivity contribution in [1.82, 2.24) is 0 Å². The normalized spacial score (nSPS) is 21.2. The fourth-order valence-electron chi connectivity index (χ4n) is 1.53. The minimum Gasteiger partial charge on any atom is -0.372 e. The highest BCUT2D eigenvalue weighted by Crippen LogP contribution is 2.32. The van der Waals surface area contributed by atoms with E-state index in [-0.39, 0.29) is 0 Å². The number of hydrogen-bond donors (Lipinski definition) is 0. The first kappa shape index (κ1) is 12.4. The van der Waals surface area contributed by atoms with E-state index >= 15 is 0 Å². The van der Waals surface area contributed by atoms with E-state index in [0.29, 0.717) is 10.9 Å². The molecular formula is C12H24OS. The van der Waals surface area contributed by atoms with Gasteiger partial charge in [0, 0.05) is 10.5 Å². The molecule has 1 aliphatic rings. The van der Waals surface area contributed by atoms with E-state index in [0.717, 1.165) is 6.61 Å². The molecule has 0 aromatic carbocycles. The quantitative estimate of drug-likeness (QED) is 0.451. The summed E-state index contributed by atoms with van der Waals surface area (Å²) in [6.07, 6.45) is 7.45. The first-order valence-corrected chi connectivity index (χ1v) is 6.88. The first-order chi connectivity index (χ1) is 6.64. The van der Waals surface area contributed by atoms with Crippen molar-refractivity contribution < 1.29 is 4.74 Å². The molecule has 1 fully saturated rings. The average molecular weight is 216 g/mol. The van der Waals surface area contributed by atoms with Crippen LogP contribution >= 0.6 is 11.8 Å². The van der Waals surface area contributed by atoms with Gasteiger partial charge in [0.2, 0.25) is 0 Å². The maximum absolute atomic E-state index is 5.23. The molecule has 2 heteroatoms. The Morgan fingerprint density at radius 2 is 2.00 bits per heavy atom. The van der Waals surface area contributed by atoms with Gasteiger partial charge in [0.15, 0.2) is 0 Å². The minimum absolute atomic E-state index is 0.458. The van der Waals surface area contributed by atoms with Crippen LogP contribution in [0.25, 0.3) is 0 Å². The predicted molar refractivity (Wildman–Crippen MR) is 65.0 cm³/mol. The second kappa shape index (κ2) is 6.02. The highest BCUT2D eigenvalue weighted by Gasteiger charge is 2.26. The van der Waals surface area contributed by atoms with E-state index in [1.54, 1.807) is 0 Å². The van der Waals surface area contributed by atoms with Crippen molar-refractivity contribution in [3.63, 3.8) is 0 Å². The summed E-state index contributed by atoms with van der Waals surface area (Å²) in [5, 5.41) is 0. The molecule has 0 radical (unpaired) electrons. The van der Waals surface area contributed by atoms with Crippen LogP contribution in [0.1, 0.15) is 52.9 Å². The Labute approximate surface area is 93.0 Å². The Balaban J connectivity index is 1.99. The van der Waals surface area contributed by atoms with Crippen molar-refractivity contribution in [1.29, 1.82) is 0 Å². The molecule has 0 saturated carbocycles. The number of thioether (sulfide) groups is 1. The van der Waals surface area contributed by atoms with Gasteiger partial charge in [-0.1, -0.05) is 46.5 Å². The third-order valence-electron chi connectivity index (χ3n) is 2.69. The lowest BCUT2D eigenvalue weighted by Crippen LogP contribution is -2.16. The molecule has 1 saturated heterocycles. The maximum atomic E-state index is 5.23. The van der Waals surface area contributed by atoms with Crippen molar-refractivity contribution in [3.8, 4) is 0 Å². The third kappa shape index (κ3) is 5.92. The van der Waals surface area contributed by atoms with Crippen molar-refractivity contribution in [2.75, 3.05) is 12.4 Å². The summed E-state index contributed by atoms with van der Waals surface area (Å²) in [4.78, 5) is 0.